The highest BCUT2D eigenvalue weighted by molar-refractivity contribution is 6.09. The largest absolute Gasteiger partial charge is 0.463 e. The van der Waals surface area contributed by atoms with Crippen molar-refractivity contribution in [1.29, 1.82) is 0 Å². The summed E-state index contributed by atoms with van der Waals surface area (Å²) in [5, 5.41) is 13.7. The molecule has 0 saturated heterocycles. The molecule has 0 aliphatic carbocycles. The molecule has 1 atom stereocenters. The van der Waals surface area contributed by atoms with Crippen LogP contribution in [0.1, 0.15) is 24.0 Å². The molecule has 8 nitrogen and oxygen atoms in total. The van der Waals surface area contributed by atoms with Gasteiger partial charge in [-0.25, -0.2) is 14.6 Å². The highest BCUT2D eigenvalue weighted by Crippen LogP contribution is 2.39. The molecule has 0 radical (unpaired) electrons. The molecule has 2 amide bonds. The molecule has 2 aromatic carbocycles. The van der Waals surface area contributed by atoms with Crippen LogP contribution < -0.4 is 10.2 Å². The van der Waals surface area contributed by atoms with Gasteiger partial charge in [0.1, 0.15) is 12.4 Å². The fraction of sp³-hybridized carbons (Fsp3) is 0.182. The number of ether oxygens (including phenoxy) is 1. The van der Waals surface area contributed by atoms with Gasteiger partial charge in [-0.15, -0.1) is 4.99 Å². The van der Waals surface area contributed by atoms with Crippen molar-refractivity contribution in [2.45, 2.75) is 19.4 Å². The van der Waals surface area contributed by atoms with E-state index in [1.165, 1.54) is 0 Å². The normalized spacial score (nSPS) is 15.7. The molecule has 1 aliphatic rings. The maximum atomic E-state index is 12.3. The summed E-state index contributed by atoms with van der Waals surface area (Å²) in [4.78, 5) is 33.3. The Balaban J connectivity index is 1.59. The average Bonchev–Trinajstić information content (AvgIpc) is 3.09. The second kappa shape index (κ2) is 8.20. The van der Waals surface area contributed by atoms with E-state index in [9.17, 15) is 14.7 Å². The maximum Gasteiger partial charge on any atom is 0.434 e. The Morgan fingerprint density at radius 1 is 1.20 bits per heavy atom. The van der Waals surface area contributed by atoms with E-state index in [2.05, 4.69) is 15.3 Å². The second-order valence-electron chi connectivity index (χ2n) is 7.00. The van der Waals surface area contributed by atoms with Gasteiger partial charge in [-0.3, -0.25) is 10.2 Å². The smallest absolute Gasteiger partial charge is 0.434 e. The average molecular weight is 404 g/mol. The topological polar surface area (TPSA) is 104 Å². The van der Waals surface area contributed by atoms with Crippen LogP contribution in [0.3, 0.4) is 0 Å². The van der Waals surface area contributed by atoms with Crippen LogP contribution in [0.4, 0.5) is 15.4 Å². The number of nitrogens with zero attached hydrogens (tertiary/aromatic N) is 3. The highest BCUT2D eigenvalue weighted by Gasteiger charge is 2.33. The van der Waals surface area contributed by atoms with E-state index < -0.39 is 12.2 Å². The van der Waals surface area contributed by atoms with Crippen LogP contribution in [-0.2, 0) is 11.3 Å². The summed E-state index contributed by atoms with van der Waals surface area (Å²) in [5.41, 5.74) is 1.81. The minimum absolute atomic E-state index is 0.0584. The summed E-state index contributed by atoms with van der Waals surface area (Å²) in [7, 11) is 0. The molecular weight excluding hydrogens is 384 g/mol. The van der Waals surface area contributed by atoms with Crippen LogP contribution in [0.2, 0.25) is 0 Å². The summed E-state index contributed by atoms with van der Waals surface area (Å²) in [6, 6.07) is 17.1. The third kappa shape index (κ3) is 3.93. The molecule has 1 unspecified atom stereocenters. The van der Waals surface area contributed by atoms with Gasteiger partial charge >= 0.3 is 12.2 Å². The summed E-state index contributed by atoms with van der Waals surface area (Å²) in [5.74, 6) is 0.512. The van der Waals surface area contributed by atoms with Crippen LogP contribution in [-0.4, -0.2) is 34.8 Å². The van der Waals surface area contributed by atoms with Crippen molar-refractivity contribution in [3.8, 4) is 0 Å². The lowest BCUT2D eigenvalue weighted by atomic mass is 9.99. The van der Waals surface area contributed by atoms with Gasteiger partial charge in [0.15, 0.2) is 0 Å². The van der Waals surface area contributed by atoms with Gasteiger partial charge in [0.05, 0.1) is 0 Å². The molecule has 0 saturated carbocycles. The van der Waals surface area contributed by atoms with Crippen molar-refractivity contribution >= 4 is 34.7 Å². The van der Waals surface area contributed by atoms with Gasteiger partial charge in [-0.05, 0) is 10.9 Å². The first-order chi connectivity index (χ1) is 14.5. The number of benzene rings is 2. The van der Waals surface area contributed by atoms with E-state index in [4.69, 9.17) is 4.74 Å². The number of carbonyl (C=O) groups is 2. The minimum atomic E-state index is -1.42. The number of amides is 2. The summed E-state index contributed by atoms with van der Waals surface area (Å²) in [6.07, 6.45) is -0.485. The SMILES string of the molecule is CC1CN(/C(=N/C(=O)O)NC(=O)OCc2ccccc2)c2ncc3ccccc3c21. The zero-order valence-corrected chi connectivity index (χ0v) is 16.3. The molecule has 1 aromatic heterocycles. The number of rotatable bonds is 2. The van der Waals surface area contributed by atoms with Crippen LogP contribution >= 0.6 is 0 Å². The number of fused-ring (bicyclic) bond motifs is 3. The Hall–Kier alpha value is -3.94. The van der Waals surface area contributed by atoms with Gasteiger partial charge in [0.2, 0.25) is 5.96 Å². The Kier molecular flexibility index (Phi) is 5.30. The molecule has 8 heteroatoms. The number of guanidine groups is 1. The number of carboxylic acid groups (broad SMARTS) is 1. The van der Waals surface area contributed by atoms with Gasteiger partial charge in [0, 0.05) is 29.6 Å². The lowest BCUT2D eigenvalue weighted by molar-refractivity contribution is 0.145. The van der Waals surface area contributed by atoms with Crippen LogP contribution in [0, 0.1) is 0 Å². The monoisotopic (exact) mass is 404 g/mol. The number of pyridine rings is 1. The molecule has 1 aliphatic heterocycles. The first-order valence-corrected chi connectivity index (χ1v) is 9.47. The van der Waals surface area contributed by atoms with Crippen molar-refractivity contribution in [1.82, 2.24) is 10.3 Å². The predicted molar refractivity (Wildman–Crippen MR) is 113 cm³/mol. The van der Waals surface area contributed by atoms with E-state index in [1.807, 2.05) is 61.5 Å². The zero-order chi connectivity index (χ0) is 21.1. The summed E-state index contributed by atoms with van der Waals surface area (Å²) < 4.78 is 5.21. The number of alkyl carbamates (subject to hydrolysis) is 1. The molecule has 3 aromatic rings. The fourth-order valence-electron chi connectivity index (χ4n) is 3.61. The van der Waals surface area contributed by atoms with E-state index in [-0.39, 0.29) is 18.5 Å². The number of hydrogen-bond donors (Lipinski definition) is 2. The van der Waals surface area contributed by atoms with Crippen LogP contribution in [0.25, 0.3) is 10.8 Å². The van der Waals surface area contributed by atoms with Crippen molar-refractivity contribution in [2.24, 2.45) is 4.99 Å². The van der Waals surface area contributed by atoms with Crippen molar-refractivity contribution in [3.63, 3.8) is 0 Å². The standard InChI is InChI=1S/C22H20N4O4/c1-14-12-26(19-18(14)17-10-6-5-9-16(17)11-23-19)20(24-21(27)28)25-22(29)30-13-15-7-3-2-4-8-15/h2-11,14H,12-13H2,1H3,(H,27,28)(H,24,25,29). The van der Waals surface area contributed by atoms with Crippen LogP contribution in [0.5, 0.6) is 0 Å². The van der Waals surface area contributed by atoms with Gasteiger partial charge in [-0.1, -0.05) is 61.5 Å². The van der Waals surface area contributed by atoms with E-state index in [1.54, 1.807) is 11.1 Å². The second-order valence-corrected chi connectivity index (χ2v) is 7.00. The van der Waals surface area contributed by atoms with Crippen molar-refractivity contribution in [3.05, 3.63) is 71.9 Å². The van der Waals surface area contributed by atoms with Crippen molar-refractivity contribution < 1.29 is 19.4 Å². The molecule has 0 bridgehead atoms. The zero-order valence-electron chi connectivity index (χ0n) is 16.3. The minimum Gasteiger partial charge on any atom is -0.463 e. The Bertz CT molecular complexity index is 1130. The molecule has 30 heavy (non-hydrogen) atoms. The number of anilines is 1. The summed E-state index contributed by atoms with van der Waals surface area (Å²) in [6.45, 7) is 2.52. The molecule has 4 rings (SSSR count). The number of aromatic nitrogens is 1. The third-order valence-corrected chi connectivity index (χ3v) is 4.91. The first-order valence-electron chi connectivity index (χ1n) is 9.47. The Morgan fingerprint density at radius 2 is 1.93 bits per heavy atom. The first kappa shape index (κ1) is 19.4. The third-order valence-electron chi connectivity index (χ3n) is 4.91. The number of aliphatic imine (C=N–C) groups is 1. The molecular formula is C22H20N4O4. The molecule has 2 N–H and O–H groups in total. The van der Waals surface area contributed by atoms with E-state index >= 15 is 0 Å². The van der Waals surface area contributed by atoms with Gasteiger partial charge in [0.25, 0.3) is 0 Å². The Labute approximate surface area is 172 Å². The lowest BCUT2D eigenvalue weighted by Crippen LogP contribution is -2.44. The number of hydrogen-bond acceptors (Lipinski definition) is 4. The van der Waals surface area contributed by atoms with Crippen molar-refractivity contribution in [2.75, 3.05) is 11.4 Å². The van der Waals surface area contributed by atoms with E-state index in [0.717, 1.165) is 21.9 Å². The number of carbonyl (C=O) groups excluding carboxylic acids is 1. The lowest BCUT2D eigenvalue weighted by Gasteiger charge is -2.20. The van der Waals surface area contributed by atoms with Gasteiger partial charge < -0.3 is 9.84 Å². The molecule has 152 valence electrons. The van der Waals surface area contributed by atoms with Crippen LogP contribution in [0.15, 0.2) is 65.8 Å². The van der Waals surface area contributed by atoms with E-state index in [0.29, 0.717) is 12.4 Å². The molecule has 0 spiro atoms. The maximum absolute atomic E-state index is 12.3. The highest BCUT2D eigenvalue weighted by atomic mass is 16.5. The Morgan fingerprint density at radius 3 is 2.70 bits per heavy atom. The predicted octanol–water partition coefficient (Wildman–Crippen LogP) is 4.12. The molecule has 2 heterocycles. The number of nitrogens with one attached hydrogen (secondary N) is 1. The fourth-order valence-corrected chi connectivity index (χ4v) is 3.61. The summed E-state index contributed by atoms with van der Waals surface area (Å²) >= 11 is 0. The quantitative estimate of drug-likeness (QED) is 0.492. The van der Waals surface area contributed by atoms with Gasteiger partial charge in [-0.2, -0.15) is 0 Å². The molecule has 0 fully saturated rings.